The van der Waals surface area contributed by atoms with Crippen LogP contribution in [0.5, 0.6) is 0 Å². The Kier molecular flexibility index (Phi) is 4.11. The first-order valence-corrected chi connectivity index (χ1v) is 6.69. The van der Waals surface area contributed by atoms with Crippen molar-refractivity contribution in [1.82, 2.24) is 15.1 Å². The summed E-state index contributed by atoms with van der Waals surface area (Å²) in [6, 6.07) is 5.17. The summed E-state index contributed by atoms with van der Waals surface area (Å²) in [4.78, 5) is 25.2. The minimum absolute atomic E-state index is 0.131. The van der Waals surface area contributed by atoms with Gasteiger partial charge < -0.3 is 16.4 Å². The van der Waals surface area contributed by atoms with Gasteiger partial charge in [-0.1, -0.05) is 13.8 Å². The Hall–Kier alpha value is -2.57. The first kappa shape index (κ1) is 14.8. The van der Waals surface area contributed by atoms with Crippen LogP contribution in [0.25, 0.3) is 10.9 Å². The zero-order valence-corrected chi connectivity index (χ0v) is 12.1. The number of rotatable bonds is 5. The molecule has 1 aromatic heterocycles. The topological polar surface area (TPSA) is 118 Å². The Morgan fingerprint density at radius 2 is 2.10 bits per heavy atom. The molecular weight excluding hydrogens is 270 g/mol. The van der Waals surface area contributed by atoms with Crippen molar-refractivity contribution in [2.75, 3.05) is 18.8 Å². The maximum atomic E-state index is 12.6. The molecule has 7 nitrogen and oxygen atoms in total. The Bertz CT molecular complexity index is 677. The number of amides is 2. The monoisotopic (exact) mass is 289 g/mol. The molecule has 112 valence electrons. The van der Waals surface area contributed by atoms with Crippen LogP contribution >= 0.6 is 0 Å². The number of carbonyl (C=O) groups is 2. The van der Waals surface area contributed by atoms with Gasteiger partial charge in [0.15, 0.2) is 5.69 Å². The van der Waals surface area contributed by atoms with Crippen LogP contribution in [0.2, 0.25) is 0 Å². The molecule has 0 radical (unpaired) electrons. The Morgan fingerprint density at radius 3 is 2.71 bits per heavy atom. The van der Waals surface area contributed by atoms with Crippen molar-refractivity contribution in [3.63, 3.8) is 0 Å². The normalized spacial score (nSPS) is 11.0. The van der Waals surface area contributed by atoms with Crippen molar-refractivity contribution in [1.29, 1.82) is 0 Å². The number of H-pyrrole nitrogens is 1. The molecule has 0 spiro atoms. The van der Waals surface area contributed by atoms with Crippen LogP contribution in [0.4, 0.5) is 5.69 Å². The number of fused-ring (bicyclic) bond motifs is 1. The van der Waals surface area contributed by atoms with E-state index in [0.717, 1.165) is 5.52 Å². The summed E-state index contributed by atoms with van der Waals surface area (Å²) >= 11 is 0. The van der Waals surface area contributed by atoms with E-state index in [2.05, 4.69) is 10.2 Å². The summed E-state index contributed by atoms with van der Waals surface area (Å²) in [5.74, 6) is -0.675. The summed E-state index contributed by atoms with van der Waals surface area (Å²) in [6.45, 7) is 4.22. The fourth-order valence-electron chi connectivity index (χ4n) is 2.19. The number of nitrogens with one attached hydrogen (secondary N) is 1. The van der Waals surface area contributed by atoms with E-state index in [1.165, 1.54) is 4.90 Å². The molecule has 0 fully saturated rings. The Labute approximate surface area is 122 Å². The lowest BCUT2D eigenvalue weighted by molar-refractivity contribution is -0.118. The second-order valence-electron chi connectivity index (χ2n) is 5.42. The molecule has 1 heterocycles. The quantitative estimate of drug-likeness (QED) is 0.703. The molecule has 0 saturated heterocycles. The van der Waals surface area contributed by atoms with Crippen LogP contribution in [0.3, 0.4) is 0 Å². The van der Waals surface area contributed by atoms with Gasteiger partial charge in [-0.2, -0.15) is 5.10 Å². The number of hydrogen-bond acceptors (Lipinski definition) is 4. The summed E-state index contributed by atoms with van der Waals surface area (Å²) in [5, 5.41) is 7.47. The highest BCUT2D eigenvalue weighted by Gasteiger charge is 2.23. The molecule has 7 heteroatoms. The number of benzene rings is 1. The van der Waals surface area contributed by atoms with Crippen molar-refractivity contribution in [3.05, 3.63) is 23.9 Å². The second-order valence-corrected chi connectivity index (χ2v) is 5.42. The van der Waals surface area contributed by atoms with Crippen molar-refractivity contribution in [2.45, 2.75) is 13.8 Å². The molecular formula is C14H19N5O2. The van der Waals surface area contributed by atoms with E-state index in [1.807, 2.05) is 13.8 Å². The SMILES string of the molecule is CC(C)CN(CC(N)=O)C(=O)c1n[nH]c2ccc(N)cc12. The van der Waals surface area contributed by atoms with E-state index >= 15 is 0 Å². The minimum Gasteiger partial charge on any atom is -0.399 e. The van der Waals surface area contributed by atoms with Gasteiger partial charge in [-0.25, -0.2) is 0 Å². The van der Waals surface area contributed by atoms with E-state index < -0.39 is 5.91 Å². The van der Waals surface area contributed by atoms with Gasteiger partial charge >= 0.3 is 0 Å². The molecule has 0 aliphatic heterocycles. The zero-order valence-electron chi connectivity index (χ0n) is 12.1. The van der Waals surface area contributed by atoms with Gasteiger partial charge in [-0.05, 0) is 24.1 Å². The lowest BCUT2D eigenvalue weighted by Crippen LogP contribution is -2.40. The van der Waals surface area contributed by atoms with Crippen LogP contribution in [0, 0.1) is 5.92 Å². The van der Waals surface area contributed by atoms with Gasteiger partial charge in [-0.3, -0.25) is 14.7 Å². The first-order valence-electron chi connectivity index (χ1n) is 6.69. The number of nitrogens with zero attached hydrogens (tertiary/aromatic N) is 2. The van der Waals surface area contributed by atoms with Gasteiger partial charge in [0.1, 0.15) is 0 Å². The molecule has 21 heavy (non-hydrogen) atoms. The number of aromatic nitrogens is 2. The molecule has 5 N–H and O–H groups in total. The van der Waals surface area contributed by atoms with Crippen molar-refractivity contribution in [2.24, 2.45) is 11.7 Å². The molecule has 0 aliphatic carbocycles. The fourth-order valence-corrected chi connectivity index (χ4v) is 2.19. The highest BCUT2D eigenvalue weighted by Crippen LogP contribution is 2.20. The molecule has 0 saturated carbocycles. The third kappa shape index (κ3) is 3.31. The maximum absolute atomic E-state index is 12.6. The Balaban J connectivity index is 2.37. The van der Waals surface area contributed by atoms with E-state index in [1.54, 1.807) is 18.2 Å². The largest absolute Gasteiger partial charge is 0.399 e. The van der Waals surface area contributed by atoms with Crippen LogP contribution in [-0.4, -0.2) is 40.0 Å². The molecule has 2 amide bonds. The van der Waals surface area contributed by atoms with E-state index in [4.69, 9.17) is 11.5 Å². The van der Waals surface area contributed by atoms with Crippen LogP contribution < -0.4 is 11.5 Å². The number of anilines is 1. The molecule has 0 unspecified atom stereocenters. The summed E-state index contributed by atoms with van der Waals surface area (Å²) in [5.41, 5.74) is 12.5. The molecule has 0 bridgehead atoms. The van der Waals surface area contributed by atoms with Gasteiger partial charge in [0.2, 0.25) is 5.91 Å². The average Bonchev–Trinajstić information content (AvgIpc) is 2.78. The van der Waals surface area contributed by atoms with Gasteiger partial charge in [0.25, 0.3) is 5.91 Å². The summed E-state index contributed by atoms with van der Waals surface area (Å²) < 4.78 is 0. The highest BCUT2D eigenvalue weighted by molar-refractivity contribution is 6.06. The van der Waals surface area contributed by atoms with Crippen LogP contribution in [-0.2, 0) is 4.79 Å². The first-order chi connectivity index (χ1) is 9.88. The third-order valence-corrected chi connectivity index (χ3v) is 3.01. The van der Waals surface area contributed by atoms with E-state index in [9.17, 15) is 9.59 Å². The van der Waals surface area contributed by atoms with Gasteiger partial charge in [0, 0.05) is 17.6 Å². The Morgan fingerprint density at radius 1 is 1.38 bits per heavy atom. The molecule has 0 aliphatic rings. The molecule has 1 aromatic carbocycles. The van der Waals surface area contributed by atoms with Crippen molar-refractivity contribution < 1.29 is 9.59 Å². The average molecular weight is 289 g/mol. The standard InChI is InChI=1S/C14H19N5O2/c1-8(2)6-19(7-12(16)20)14(21)13-10-5-9(15)3-4-11(10)17-18-13/h3-5,8H,6-7,15H2,1-2H3,(H2,16,20)(H,17,18). The van der Waals surface area contributed by atoms with Crippen molar-refractivity contribution in [3.8, 4) is 0 Å². The van der Waals surface area contributed by atoms with Crippen LogP contribution in [0.15, 0.2) is 18.2 Å². The lowest BCUT2D eigenvalue weighted by atomic mass is 10.1. The number of primary amides is 1. The number of nitrogen functional groups attached to an aromatic ring is 1. The van der Waals surface area contributed by atoms with Gasteiger partial charge in [-0.15, -0.1) is 0 Å². The van der Waals surface area contributed by atoms with Crippen molar-refractivity contribution >= 4 is 28.4 Å². The predicted octanol–water partition coefficient (Wildman–Crippen LogP) is 0.729. The van der Waals surface area contributed by atoms with Gasteiger partial charge in [0.05, 0.1) is 12.1 Å². The number of aromatic amines is 1. The fraction of sp³-hybridized carbons (Fsp3) is 0.357. The van der Waals surface area contributed by atoms with E-state index in [-0.39, 0.29) is 24.1 Å². The molecule has 2 aromatic rings. The zero-order chi connectivity index (χ0) is 15.6. The highest BCUT2D eigenvalue weighted by atomic mass is 16.2. The maximum Gasteiger partial charge on any atom is 0.275 e. The second kappa shape index (κ2) is 5.82. The lowest BCUT2D eigenvalue weighted by Gasteiger charge is -2.22. The third-order valence-electron chi connectivity index (χ3n) is 3.01. The number of hydrogen-bond donors (Lipinski definition) is 3. The smallest absolute Gasteiger partial charge is 0.275 e. The van der Waals surface area contributed by atoms with E-state index in [0.29, 0.717) is 17.6 Å². The summed E-state index contributed by atoms with van der Waals surface area (Å²) in [6.07, 6.45) is 0. The van der Waals surface area contributed by atoms with Crippen LogP contribution in [0.1, 0.15) is 24.3 Å². The predicted molar refractivity (Wildman–Crippen MR) is 80.4 cm³/mol. The summed E-state index contributed by atoms with van der Waals surface area (Å²) in [7, 11) is 0. The molecule has 2 rings (SSSR count). The minimum atomic E-state index is -0.552. The number of nitrogens with two attached hydrogens (primary N) is 2. The molecule has 0 atom stereocenters. The number of carbonyl (C=O) groups excluding carboxylic acids is 2.